The van der Waals surface area contributed by atoms with Crippen LogP contribution < -0.4 is 25.2 Å². The molecule has 0 atom stereocenters. The number of primary amides is 1. The number of carbonyl (C=O) groups is 2. The van der Waals surface area contributed by atoms with Crippen LogP contribution in [0.2, 0.25) is 0 Å². The number of amides is 2. The van der Waals surface area contributed by atoms with Gasteiger partial charge in [0.05, 0.1) is 19.1 Å². The van der Waals surface area contributed by atoms with Gasteiger partial charge < -0.3 is 20.5 Å². The summed E-state index contributed by atoms with van der Waals surface area (Å²) in [4.78, 5) is 23.3. The molecule has 2 rings (SSSR count). The molecular weight excluding hydrogens is 417 g/mol. The fourth-order valence-corrected chi connectivity index (χ4v) is 3.58. The lowest BCUT2D eigenvalue weighted by Crippen LogP contribution is -2.28. The Morgan fingerprint density at radius 3 is 2.37 bits per heavy atom. The zero-order valence-corrected chi connectivity index (χ0v) is 17.4. The van der Waals surface area contributed by atoms with Crippen molar-refractivity contribution in [1.82, 2.24) is 4.72 Å². The van der Waals surface area contributed by atoms with E-state index in [0.29, 0.717) is 5.75 Å². The van der Waals surface area contributed by atoms with E-state index >= 15 is 0 Å². The number of sulfonamides is 1. The molecule has 2 amide bonds. The Hall–Kier alpha value is -3.18. The van der Waals surface area contributed by atoms with Gasteiger partial charge in [-0.3, -0.25) is 9.59 Å². The van der Waals surface area contributed by atoms with E-state index in [9.17, 15) is 22.4 Å². The standard InChI is InChI=1S/C19H22FN3O6S/c1-11-14(20)8-12(19(21)25)9-15(11)23-18(24)6-7-22-30(26,27)13-4-5-16(28-2)17(10-13)29-3/h4-5,8-10,22H,6-7H2,1-3H3,(H2,21,25)(H,23,24). The summed E-state index contributed by atoms with van der Waals surface area (Å²) in [6.07, 6.45) is -0.228. The van der Waals surface area contributed by atoms with Crippen LogP contribution in [0.4, 0.5) is 10.1 Å². The third-order valence-corrected chi connectivity index (χ3v) is 5.67. The van der Waals surface area contributed by atoms with Crippen LogP contribution in [-0.4, -0.2) is 41.0 Å². The van der Waals surface area contributed by atoms with E-state index in [-0.39, 0.29) is 40.4 Å². The van der Waals surface area contributed by atoms with Gasteiger partial charge in [-0.25, -0.2) is 17.5 Å². The highest BCUT2D eigenvalue weighted by molar-refractivity contribution is 7.89. The Morgan fingerprint density at radius 1 is 1.10 bits per heavy atom. The summed E-state index contributed by atoms with van der Waals surface area (Å²) in [7, 11) is -1.10. The Bertz CT molecular complexity index is 1070. The van der Waals surface area contributed by atoms with Gasteiger partial charge in [-0.2, -0.15) is 0 Å². The summed E-state index contributed by atoms with van der Waals surface area (Å²) in [6.45, 7) is 1.22. The van der Waals surface area contributed by atoms with E-state index < -0.39 is 27.7 Å². The number of ether oxygens (including phenoxy) is 2. The molecule has 0 saturated carbocycles. The summed E-state index contributed by atoms with van der Waals surface area (Å²) < 4.78 is 51.2. The highest BCUT2D eigenvalue weighted by Gasteiger charge is 2.18. The molecule has 0 unspecified atom stereocenters. The van der Waals surface area contributed by atoms with Gasteiger partial charge in [-0.05, 0) is 31.2 Å². The number of rotatable bonds is 9. The maximum absolute atomic E-state index is 13.9. The molecule has 162 valence electrons. The van der Waals surface area contributed by atoms with Crippen LogP contribution >= 0.6 is 0 Å². The SMILES string of the molecule is COc1ccc(S(=O)(=O)NCCC(=O)Nc2cc(C(N)=O)cc(F)c2C)cc1OC. The zero-order chi connectivity index (χ0) is 22.5. The van der Waals surface area contributed by atoms with Crippen LogP contribution in [0, 0.1) is 12.7 Å². The molecule has 4 N–H and O–H groups in total. The third kappa shape index (κ3) is 5.45. The molecule has 0 aliphatic carbocycles. The van der Waals surface area contributed by atoms with Gasteiger partial charge in [-0.15, -0.1) is 0 Å². The first-order chi connectivity index (χ1) is 14.1. The minimum atomic E-state index is -3.91. The fourth-order valence-electron chi connectivity index (χ4n) is 2.53. The quantitative estimate of drug-likeness (QED) is 0.542. The Balaban J connectivity index is 2.03. The van der Waals surface area contributed by atoms with Crippen LogP contribution in [0.1, 0.15) is 22.3 Å². The third-order valence-electron chi connectivity index (χ3n) is 4.21. The van der Waals surface area contributed by atoms with Crippen LogP contribution in [0.15, 0.2) is 35.2 Å². The van der Waals surface area contributed by atoms with E-state index in [1.807, 2.05) is 0 Å². The molecule has 2 aromatic carbocycles. The largest absolute Gasteiger partial charge is 0.493 e. The van der Waals surface area contributed by atoms with Gasteiger partial charge in [0.15, 0.2) is 11.5 Å². The molecule has 0 spiro atoms. The second-order valence-electron chi connectivity index (χ2n) is 6.21. The fraction of sp³-hybridized carbons (Fsp3) is 0.263. The van der Waals surface area contributed by atoms with Gasteiger partial charge in [0.2, 0.25) is 21.8 Å². The van der Waals surface area contributed by atoms with Crippen LogP contribution in [-0.2, 0) is 14.8 Å². The van der Waals surface area contributed by atoms with Crippen molar-refractivity contribution in [2.24, 2.45) is 5.73 Å². The number of carbonyl (C=O) groups excluding carboxylic acids is 2. The second kappa shape index (κ2) is 9.55. The van der Waals surface area contributed by atoms with Crippen molar-refractivity contribution in [3.63, 3.8) is 0 Å². The lowest BCUT2D eigenvalue weighted by atomic mass is 10.1. The van der Waals surface area contributed by atoms with Crippen molar-refractivity contribution in [1.29, 1.82) is 0 Å². The van der Waals surface area contributed by atoms with Crippen molar-refractivity contribution in [2.75, 3.05) is 26.1 Å². The summed E-state index contributed by atoms with van der Waals surface area (Å²) in [5.74, 6) is -1.50. The molecule has 0 aliphatic rings. The number of halogens is 1. The number of hydrogen-bond acceptors (Lipinski definition) is 6. The van der Waals surface area contributed by atoms with Crippen molar-refractivity contribution in [2.45, 2.75) is 18.2 Å². The van der Waals surface area contributed by atoms with Gasteiger partial charge in [0, 0.05) is 35.8 Å². The molecule has 0 aromatic heterocycles. The monoisotopic (exact) mass is 439 g/mol. The number of hydrogen-bond donors (Lipinski definition) is 3. The molecule has 30 heavy (non-hydrogen) atoms. The number of nitrogens with two attached hydrogens (primary N) is 1. The zero-order valence-electron chi connectivity index (χ0n) is 16.6. The van der Waals surface area contributed by atoms with E-state index in [2.05, 4.69) is 10.0 Å². The van der Waals surface area contributed by atoms with Gasteiger partial charge >= 0.3 is 0 Å². The molecular formula is C19H22FN3O6S. The molecule has 0 aliphatic heterocycles. The molecule has 0 fully saturated rings. The van der Waals surface area contributed by atoms with Crippen LogP contribution in [0.5, 0.6) is 11.5 Å². The Labute approximate surface area is 173 Å². The lowest BCUT2D eigenvalue weighted by Gasteiger charge is -2.12. The number of anilines is 1. The number of nitrogens with one attached hydrogen (secondary N) is 2. The highest BCUT2D eigenvalue weighted by Crippen LogP contribution is 2.29. The van der Waals surface area contributed by atoms with E-state index in [0.717, 1.165) is 6.07 Å². The molecule has 9 nitrogen and oxygen atoms in total. The smallest absolute Gasteiger partial charge is 0.248 e. The molecule has 0 bridgehead atoms. The molecule has 0 heterocycles. The Morgan fingerprint density at radius 2 is 1.77 bits per heavy atom. The van der Waals surface area contributed by atoms with Crippen LogP contribution in [0.3, 0.4) is 0 Å². The summed E-state index contributed by atoms with van der Waals surface area (Å²) in [5.41, 5.74) is 5.25. The average molecular weight is 439 g/mol. The average Bonchev–Trinajstić information content (AvgIpc) is 2.70. The summed E-state index contributed by atoms with van der Waals surface area (Å²) in [5, 5.41) is 2.45. The second-order valence-corrected chi connectivity index (χ2v) is 7.97. The lowest BCUT2D eigenvalue weighted by molar-refractivity contribution is -0.116. The normalized spacial score (nSPS) is 11.1. The van der Waals surface area contributed by atoms with Crippen molar-refractivity contribution < 1.29 is 31.9 Å². The van der Waals surface area contributed by atoms with Crippen LogP contribution in [0.25, 0.3) is 0 Å². The number of benzene rings is 2. The summed E-state index contributed by atoms with van der Waals surface area (Å²) in [6, 6.07) is 6.31. The van der Waals surface area contributed by atoms with E-state index in [1.165, 1.54) is 45.4 Å². The van der Waals surface area contributed by atoms with Crippen molar-refractivity contribution in [3.8, 4) is 11.5 Å². The van der Waals surface area contributed by atoms with Gasteiger partial charge in [-0.1, -0.05) is 0 Å². The molecule has 0 saturated heterocycles. The maximum Gasteiger partial charge on any atom is 0.248 e. The van der Waals surface area contributed by atoms with Gasteiger partial charge in [0.25, 0.3) is 0 Å². The predicted molar refractivity (Wildman–Crippen MR) is 108 cm³/mol. The van der Waals surface area contributed by atoms with Crippen molar-refractivity contribution >= 4 is 27.5 Å². The molecule has 2 aromatic rings. The van der Waals surface area contributed by atoms with Gasteiger partial charge in [0.1, 0.15) is 5.82 Å². The first kappa shape index (κ1) is 23.1. The Kier molecular flexibility index (Phi) is 7.35. The van der Waals surface area contributed by atoms with E-state index in [1.54, 1.807) is 0 Å². The molecule has 11 heteroatoms. The summed E-state index contributed by atoms with van der Waals surface area (Å²) >= 11 is 0. The van der Waals surface area contributed by atoms with Crippen molar-refractivity contribution in [3.05, 3.63) is 47.3 Å². The predicted octanol–water partition coefficient (Wildman–Crippen LogP) is 1.56. The number of methoxy groups -OCH3 is 2. The first-order valence-corrected chi connectivity index (χ1v) is 10.2. The first-order valence-electron chi connectivity index (χ1n) is 8.70. The topological polar surface area (TPSA) is 137 Å². The minimum Gasteiger partial charge on any atom is -0.493 e. The highest BCUT2D eigenvalue weighted by atomic mass is 32.2. The van der Waals surface area contributed by atoms with E-state index in [4.69, 9.17) is 15.2 Å². The minimum absolute atomic E-state index is 0.0624. The molecule has 0 radical (unpaired) electrons. The maximum atomic E-state index is 13.9.